The molecule has 10 heteroatoms. The molecule has 1 fully saturated rings. The zero-order valence-corrected chi connectivity index (χ0v) is 26.0. The fourth-order valence-electron chi connectivity index (χ4n) is 4.56. The molecule has 0 amide bonds. The third-order valence-electron chi connectivity index (χ3n) is 6.97. The number of hydrogen-bond donors (Lipinski definition) is 0. The molecule has 1 aliphatic rings. The van der Waals surface area contributed by atoms with Crippen molar-refractivity contribution in [3.63, 3.8) is 0 Å². The highest BCUT2D eigenvalue weighted by Crippen LogP contribution is 2.31. The summed E-state index contributed by atoms with van der Waals surface area (Å²) in [5.41, 5.74) is 0. The molecule has 1 saturated heterocycles. The van der Waals surface area contributed by atoms with Gasteiger partial charge in [0.05, 0.1) is 0 Å². The average Bonchev–Trinajstić information content (AvgIpc) is 2.94. The van der Waals surface area contributed by atoms with E-state index in [1.807, 2.05) is 27.7 Å². The van der Waals surface area contributed by atoms with Crippen LogP contribution in [0.2, 0.25) is 0 Å². The van der Waals surface area contributed by atoms with Crippen molar-refractivity contribution < 1.29 is 47.6 Å². The Morgan fingerprint density at radius 3 is 1.34 bits per heavy atom. The minimum Gasteiger partial charge on any atom is -0.463 e. The summed E-state index contributed by atoms with van der Waals surface area (Å²) in [6.07, 6.45) is 4.96. The lowest BCUT2D eigenvalue weighted by atomic mass is 9.97. The Balaban J connectivity index is 3.25. The van der Waals surface area contributed by atoms with E-state index in [1.165, 1.54) is 7.11 Å². The van der Waals surface area contributed by atoms with Crippen LogP contribution in [0.15, 0.2) is 0 Å². The van der Waals surface area contributed by atoms with Crippen molar-refractivity contribution in [3.8, 4) is 0 Å². The van der Waals surface area contributed by atoms with Gasteiger partial charge in [0.2, 0.25) is 0 Å². The third-order valence-corrected chi connectivity index (χ3v) is 6.97. The molecule has 1 aliphatic heterocycles. The van der Waals surface area contributed by atoms with Crippen molar-refractivity contribution in [1.82, 2.24) is 0 Å². The predicted molar refractivity (Wildman–Crippen MR) is 153 cm³/mol. The van der Waals surface area contributed by atoms with Crippen molar-refractivity contribution in [2.24, 2.45) is 0 Å². The van der Waals surface area contributed by atoms with Crippen LogP contribution in [-0.4, -0.2) is 68.3 Å². The van der Waals surface area contributed by atoms with Crippen LogP contribution in [0, 0.1) is 0 Å². The van der Waals surface area contributed by atoms with Crippen LogP contribution in [0.25, 0.3) is 0 Å². The summed E-state index contributed by atoms with van der Waals surface area (Å²) in [5, 5.41) is 0. The normalized spacial score (nSPS) is 22.1. The summed E-state index contributed by atoms with van der Waals surface area (Å²) in [4.78, 5) is 50.9. The van der Waals surface area contributed by atoms with Crippen molar-refractivity contribution in [2.75, 3.05) is 13.7 Å². The first-order valence-corrected chi connectivity index (χ1v) is 15.7. The Kier molecular flexibility index (Phi) is 20.1. The zero-order chi connectivity index (χ0) is 30.5. The topological polar surface area (TPSA) is 124 Å². The number of ether oxygens (including phenoxy) is 6. The van der Waals surface area contributed by atoms with E-state index in [0.717, 1.165) is 51.4 Å². The van der Waals surface area contributed by atoms with Crippen LogP contribution >= 0.6 is 0 Å². The average molecular weight is 587 g/mol. The maximum atomic E-state index is 12.9. The molecular formula is C31H54O10. The maximum Gasteiger partial charge on any atom is 0.306 e. The molecule has 1 heterocycles. The summed E-state index contributed by atoms with van der Waals surface area (Å²) >= 11 is 0. The van der Waals surface area contributed by atoms with Gasteiger partial charge in [0.25, 0.3) is 0 Å². The van der Waals surface area contributed by atoms with Crippen molar-refractivity contribution in [1.29, 1.82) is 0 Å². The molecule has 0 aromatic heterocycles. The Bertz CT molecular complexity index is 755. The molecule has 10 nitrogen and oxygen atoms in total. The van der Waals surface area contributed by atoms with Gasteiger partial charge in [0.1, 0.15) is 12.7 Å². The first-order valence-electron chi connectivity index (χ1n) is 15.7. The Morgan fingerprint density at radius 2 is 0.927 bits per heavy atom. The van der Waals surface area contributed by atoms with Gasteiger partial charge < -0.3 is 28.4 Å². The quantitative estimate of drug-likeness (QED) is 0.0853. The molecule has 1 rings (SSSR count). The standard InChI is InChI=1S/C31H54O10/c1-6-10-14-18-24(32)37-22-23-28(39-25(33)19-15-11-7-2)29(40-26(34)20-16-12-8-3)30(31(36-5)38-23)41-27(35)21-17-13-9-4/h23,28-31H,6-22H2,1-5H3/t23-,28-,29-,30+,31-/m1/s1. The van der Waals surface area contributed by atoms with Crippen molar-refractivity contribution in [3.05, 3.63) is 0 Å². The second-order valence-corrected chi connectivity index (χ2v) is 10.7. The van der Waals surface area contributed by atoms with Crippen LogP contribution in [0.3, 0.4) is 0 Å². The number of esters is 4. The first kappa shape index (κ1) is 36.8. The fourth-order valence-corrected chi connectivity index (χ4v) is 4.56. The van der Waals surface area contributed by atoms with Gasteiger partial charge in [-0.3, -0.25) is 19.2 Å². The SMILES string of the molecule is CCCCCC(=O)OC[C@H]1O[C@@H](OC)[C@@H](OC(=O)CCCCC)[C@H](OC(=O)CCCCC)[C@@H]1OC(=O)CCCCC. The number of methoxy groups -OCH3 is 1. The lowest BCUT2D eigenvalue weighted by molar-refractivity contribution is -0.303. The molecule has 0 N–H and O–H groups in total. The molecule has 0 aromatic rings. The van der Waals surface area contributed by atoms with E-state index in [-0.39, 0.29) is 32.3 Å². The van der Waals surface area contributed by atoms with Crippen LogP contribution in [0.5, 0.6) is 0 Å². The molecule has 0 radical (unpaired) electrons. The molecule has 238 valence electrons. The van der Waals surface area contributed by atoms with Crippen LogP contribution < -0.4 is 0 Å². The van der Waals surface area contributed by atoms with E-state index >= 15 is 0 Å². The minimum atomic E-state index is -1.20. The van der Waals surface area contributed by atoms with Gasteiger partial charge in [-0.1, -0.05) is 79.1 Å². The molecule has 5 atom stereocenters. The molecule has 0 unspecified atom stereocenters. The third kappa shape index (κ3) is 15.0. The summed E-state index contributed by atoms with van der Waals surface area (Å²) in [5.74, 6) is -1.89. The monoisotopic (exact) mass is 586 g/mol. The maximum absolute atomic E-state index is 12.9. The van der Waals surface area contributed by atoms with E-state index < -0.39 is 54.6 Å². The fraction of sp³-hybridized carbons (Fsp3) is 0.871. The molecule has 0 spiro atoms. The summed E-state index contributed by atoms with van der Waals surface area (Å²) in [7, 11) is 1.38. The minimum absolute atomic E-state index is 0.161. The lowest BCUT2D eigenvalue weighted by Crippen LogP contribution is -2.63. The van der Waals surface area contributed by atoms with Gasteiger partial charge in [0.15, 0.2) is 24.6 Å². The number of unbranched alkanes of at least 4 members (excludes halogenated alkanes) is 8. The number of hydrogen-bond acceptors (Lipinski definition) is 10. The van der Waals surface area contributed by atoms with Crippen molar-refractivity contribution in [2.45, 2.75) is 161 Å². The smallest absolute Gasteiger partial charge is 0.306 e. The van der Waals surface area contributed by atoms with E-state index in [9.17, 15) is 19.2 Å². The highest BCUT2D eigenvalue weighted by molar-refractivity contribution is 5.72. The number of carbonyl (C=O) groups is 4. The zero-order valence-electron chi connectivity index (χ0n) is 26.0. The largest absolute Gasteiger partial charge is 0.463 e. The molecule has 0 bridgehead atoms. The lowest BCUT2D eigenvalue weighted by Gasteiger charge is -2.44. The highest BCUT2D eigenvalue weighted by atomic mass is 16.7. The molecule has 0 saturated carbocycles. The summed E-state index contributed by atoms with van der Waals surface area (Å²) in [6, 6.07) is 0. The van der Waals surface area contributed by atoms with Crippen LogP contribution in [-0.2, 0) is 47.6 Å². The van der Waals surface area contributed by atoms with Crippen LogP contribution in [0.1, 0.15) is 130 Å². The van der Waals surface area contributed by atoms with Crippen LogP contribution in [0.4, 0.5) is 0 Å². The molecule has 0 aliphatic carbocycles. The predicted octanol–water partition coefficient (Wildman–Crippen LogP) is 5.96. The van der Waals surface area contributed by atoms with Gasteiger partial charge in [-0.15, -0.1) is 0 Å². The summed E-state index contributed by atoms with van der Waals surface area (Å²) in [6.45, 7) is 7.90. The van der Waals surface area contributed by atoms with Gasteiger partial charge in [0, 0.05) is 32.8 Å². The second kappa shape index (κ2) is 22.4. The highest BCUT2D eigenvalue weighted by Gasteiger charge is 2.53. The van der Waals surface area contributed by atoms with Gasteiger partial charge in [-0.05, 0) is 25.7 Å². The molecule has 41 heavy (non-hydrogen) atoms. The van der Waals surface area contributed by atoms with Crippen molar-refractivity contribution >= 4 is 23.9 Å². The Morgan fingerprint density at radius 1 is 0.537 bits per heavy atom. The van der Waals surface area contributed by atoms with Gasteiger partial charge in [-0.2, -0.15) is 0 Å². The van der Waals surface area contributed by atoms with E-state index in [0.29, 0.717) is 25.7 Å². The van der Waals surface area contributed by atoms with E-state index in [4.69, 9.17) is 28.4 Å². The molecular weight excluding hydrogens is 532 g/mol. The van der Waals surface area contributed by atoms with Gasteiger partial charge >= 0.3 is 23.9 Å². The number of rotatable bonds is 22. The van der Waals surface area contributed by atoms with E-state index in [1.54, 1.807) is 0 Å². The summed E-state index contributed by atoms with van der Waals surface area (Å²) < 4.78 is 34.5. The first-order chi connectivity index (χ1) is 19.8. The number of carbonyl (C=O) groups excluding carboxylic acids is 4. The second-order valence-electron chi connectivity index (χ2n) is 10.7. The van der Waals surface area contributed by atoms with E-state index in [2.05, 4.69) is 0 Å². The Labute approximate surface area is 246 Å². The van der Waals surface area contributed by atoms with Gasteiger partial charge in [-0.25, -0.2) is 0 Å². The molecule has 0 aromatic carbocycles. The Hall–Kier alpha value is -2.20.